The Morgan fingerprint density at radius 1 is 1.20 bits per heavy atom. The van der Waals surface area contributed by atoms with Gasteiger partial charge in [0.25, 0.3) is 0 Å². The van der Waals surface area contributed by atoms with Gasteiger partial charge in [0.1, 0.15) is 6.29 Å². The molecule has 0 bridgehead atoms. The second-order valence-corrected chi connectivity index (χ2v) is 8.02. The van der Waals surface area contributed by atoms with E-state index in [0.717, 1.165) is 54.9 Å². The Labute approximate surface area is 162 Å². The molecule has 1 saturated heterocycles. The zero-order valence-electron chi connectivity index (χ0n) is 14.7. The molecule has 0 radical (unpaired) electrons. The van der Waals surface area contributed by atoms with Crippen molar-refractivity contribution in [3.63, 3.8) is 0 Å². The summed E-state index contributed by atoms with van der Waals surface area (Å²) < 4.78 is 3.33. The highest BCUT2D eigenvalue weighted by molar-refractivity contribution is 14.1. The van der Waals surface area contributed by atoms with E-state index in [1.54, 1.807) is 0 Å². The van der Waals surface area contributed by atoms with Crippen LogP contribution in [0.4, 0.5) is 0 Å². The molecule has 0 N–H and O–H groups in total. The van der Waals surface area contributed by atoms with E-state index in [1.165, 1.54) is 3.57 Å². The lowest BCUT2D eigenvalue weighted by Crippen LogP contribution is -2.37. The molecule has 1 aliphatic heterocycles. The molecule has 0 amide bonds. The molecular formula is C20H23IN2O2. The van der Waals surface area contributed by atoms with Gasteiger partial charge in [0.05, 0.1) is 6.54 Å². The lowest BCUT2D eigenvalue weighted by molar-refractivity contribution is -0.112. The quantitative estimate of drug-likeness (QED) is 0.396. The fourth-order valence-corrected chi connectivity index (χ4v) is 3.93. The number of aromatic nitrogens is 1. The predicted octanol–water partition coefficient (Wildman–Crippen LogP) is 3.79. The van der Waals surface area contributed by atoms with Crippen LogP contribution in [0.1, 0.15) is 34.6 Å². The number of piperidine rings is 1. The van der Waals surface area contributed by atoms with Gasteiger partial charge in [-0.15, -0.1) is 0 Å². The van der Waals surface area contributed by atoms with E-state index in [-0.39, 0.29) is 11.7 Å². The minimum absolute atomic E-state index is 0.161. The van der Waals surface area contributed by atoms with Crippen LogP contribution in [0.5, 0.6) is 0 Å². The first-order valence-corrected chi connectivity index (χ1v) is 9.73. The molecule has 0 saturated carbocycles. The number of Topliss-reactive ketones (excluding diaryl/α,β-unsaturated/α-hetero) is 1. The molecule has 1 aromatic heterocycles. The molecule has 0 unspecified atom stereocenters. The minimum atomic E-state index is 0.161. The average Bonchev–Trinajstić information content (AvgIpc) is 2.91. The second-order valence-electron chi connectivity index (χ2n) is 6.77. The van der Waals surface area contributed by atoms with Gasteiger partial charge in [-0.05, 0) is 92.7 Å². The first-order valence-electron chi connectivity index (χ1n) is 8.65. The molecule has 3 rings (SSSR count). The summed E-state index contributed by atoms with van der Waals surface area (Å²) in [6.07, 6.45) is 2.77. The van der Waals surface area contributed by atoms with Gasteiger partial charge in [-0.3, -0.25) is 9.69 Å². The lowest BCUT2D eigenvalue weighted by atomic mass is 9.98. The van der Waals surface area contributed by atoms with Crippen LogP contribution in [0.15, 0.2) is 30.3 Å². The van der Waals surface area contributed by atoms with Crippen molar-refractivity contribution in [1.29, 1.82) is 0 Å². The van der Waals surface area contributed by atoms with Crippen LogP contribution in [0.2, 0.25) is 0 Å². The molecule has 1 fully saturated rings. The molecule has 1 aromatic carbocycles. The van der Waals surface area contributed by atoms with Crippen LogP contribution >= 0.6 is 22.6 Å². The number of hydrogen-bond acceptors (Lipinski definition) is 3. The van der Waals surface area contributed by atoms with Crippen molar-refractivity contribution in [3.8, 4) is 5.69 Å². The van der Waals surface area contributed by atoms with Crippen LogP contribution in [0.25, 0.3) is 5.69 Å². The fourth-order valence-electron chi connectivity index (χ4n) is 3.57. The van der Waals surface area contributed by atoms with Crippen molar-refractivity contribution < 1.29 is 9.59 Å². The number of aldehydes is 1. The number of halogens is 1. The van der Waals surface area contributed by atoms with Gasteiger partial charge in [-0.25, -0.2) is 0 Å². The third-order valence-electron chi connectivity index (χ3n) is 5.01. The highest BCUT2D eigenvalue weighted by Gasteiger charge is 2.23. The van der Waals surface area contributed by atoms with E-state index in [9.17, 15) is 9.59 Å². The molecule has 25 heavy (non-hydrogen) atoms. The largest absolute Gasteiger partial charge is 0.318 e. The molecule has 0 atom stereocenters. The number of rotatable bonds is 5. The Hall–Kier alpha value is -1.47. The van der Waals surface area contributed by atoms with E-state index < -0.39 is 0 Å². The smallest absolute Gasteiger partial charge is 0.178 e. The number of aryl methyl sites for hydroxylation is 1. The van der Waals surface area contributed by atoms with Gasteiger partial charge < -0.3 is 9.36 Å². The summed E-state index contributed by atoms with van der Waals surface area (Å²) in [6.45, 7) is 6.13. The number of ketones is 1. The summed E-state index contributed by atoms with van der Waals surface area (Å²) >= 11 is 2.29. The van der Waals surface area contributed by atoms with Gasteiger partial charge in [-0.1, -0.05) is 0 Å². The molecule has 132 valence electrons. The summed E-state index contributed by atoms with van der Waals surface area (Å²) in [4.78, 5) is 25.8. The highest BCUT2D eigenvalue weighted by Crippen LogP contribution is 2.23. The summed E-state index contributed by atoms with van der Waals surface area (Å²) in [6, 6.07) is 10.3. The monoisotopic (exact) mass is 450 g/mol. The number of likely N-dealkylation sites (tertiary alicyclic amines) is 1. The van der Waals surface area contributed by atoms with Crippen molar-refractivity contribution in [3.05, 3.63) is 50.9 Å². The summed E-state index contributed by atoms with van der Waals surface area (Å²) in [5.41, 5.74) is 3.95. The molecule has 2 aromatic rings. The van der Waals surface area contributed by atoms with Crippen molar-refractivity contribution >= 4 is 34.7 Å². The van der Waals surface area contributed by atoms with E-state index in [4.69, 9.17) is 0 Å². The maximum Gasteiger partial charge on any atom is 0.178 e. The third kappa shape index (κ3) is 4.03. The second kappa shape index (κ2) is 7.83. The first-order chi connectivity index (χ1) is 12.0. The first kappa shape index (κ1) is 18.3. The van der Waals surface area contributed by atoms with Gasteiger partial charge >= 0.3 is 0 Å². The summed E-state index contributed by atoms with van der Waals surface area (Å²) in [7, 11) is 0. The van der Waals surface area contributed by atoms with E-state index in [1.807, 2.05) is 19.9 Å². The van der Waals surface area contributed by atoms with Crippen LogP contribution in [0.3, 0.4) is 0 Å². The van der Waals surface area contributed by atoms with Gasteiger partial charge in [0.2, 0.25) is 0 Å². The van der Waals surface area contributed by atoms with Gasteiger partial charge in [0, 0.05) is 32.1 Å². The van der Waals surface area contributed by atoms with Crippen LogP contribution in [-0.2, 0) is 4.79 Å². The van der Waals surface area contributed by atoms with Crippen molar-refractivity contribution in [1.82, 2.24) is 9.47 Å². The molecule has 2 heterocycles. The molecule has 4 nitrogen and oxygen atoms in total. The van der Waals surface area contributed by atoms with E-state index in [0.29, 0.717) is 6.54 Å². The number of benzene rings is 1. The standard InChI is InChI=1S/C20H23IN2O2/c1-14-11-19(15(2)23(14)18-5-3-17(21)4-6-18)20(25)12-22-9-7-16(13-24)8-10-22/h3-6,11,13,16H,7-10,12H2,1-2H3. The maximum absolute atomic E-state index is 12.8. The normalized spacial score (nSPS) is 16.1. The van der Waals surface area contributed by atoms with Crippen molar-refractivity contribution in [2.45, 2.75) is 26.7 Å². The van der Waals surface area contributed by atoms with Gasteiger partial charge in [-0.2, -0.15) is 0 Å². The number of hydrogen-bond donors (Lipinski definition) is 0. The zero-order chi connectivity index (χ0) is 18.0. The van der Waals surface area contributed by atoms with Crippen molar-refractivity contribution in [2.24, 2.45) is 5.92 Å². The topological polar surface area (TPSA) is 42.3 Å². The van der Waals surface area contributed by atoms with Crippen LogP contribution in [0, 0.1) is 23.3 Å². The Morgan fingerprint density at radius 2 is 1.84 bits per heavy atom. The SMILES string of the molecule is Cc1cc(C(=O)CN2CCC(C=O)CC2)c(C)n1-c1ccc(I)cc1. The Kier molecular flexibility index (Phi) is 5.74. The lowest BCUT2D eigenvalue weighted by Gasteiger charge is -2.28. The Bertz CT molecular complexity index is 772. The van der Waals surface area contributed by atoms with Crippen LogP contribution in [-0.4, -0.2) is 41.2 Å². The number of carbonyl (C=O) groups is 2. The fraction of sp³-hybridized carbons (Fsp3) is 0.400. The summed E-state index contributed by atoms with van der Waals surface area (Å²) in [5.74, 6) is 0.326. The molecular weight excluding hydrogens is 427 g/mol. The van der Waals surface area contributed by atoms with E-state index >= 15 is 0 Å². The molecule has 1 aliphatic rings. The molecule has 5 heteroatoms. The zero-order valence-corrected chi connectivity index (χ0v) is 16.8. The molecule has 0 spiro atoms. The predicted molar refractivity (Wildman–Crippen MR) is 108 cm³/mol. The molecule has 0 aliphatic carbocycles. The highest BCUT2D eigenvalue weighted by atomic mass is 127. The van der Waals surface area contributed by atoms with E-state index in [2.05, 4.69) is 56.3 Å². The van der Waals surface area contributed by atoms with Crippen LogP contribution < -0.4 is 0 Å². The minimum Gasteiger partial charge on any atom is -0.318 e. The van der Waals surface area contributed by atoms with Gasteiger partial charge in [0.15, 0.2) is 5.78 Å². The summed E-state index contributed by atoms with van der Waals surface area (Å²) in [5, 5.41) is 0. The third-order valence-corrected chi connectivity index (χ3v) is 5.73. The Morgan fingerprint density at radius 3 is 2.44 bits per heavy atom. The maximum atomic E-state index is 12.8. The number of nitrogens with zero attached hydrogens (tertiary/aromatic N) is 2. The van der Waals surface area contributed by atoms with Crippen molar-refractivity contribution in [2.75, 3.05) is 19.6 Å². The number of carbonyl (C=O) groups excluding carboxylic acids is 2. The average molecular weight is 450 g/mol. The Balaban J connectivity index is 1.77.